The number of halogens is 3. The van der Waals surface area contributed by atoms with Crippen LogP contribution in [-0.2, 0) is 19.0 Å². The van der Waals surface area contributed by atoms with Gasteiger partial charge in [-0.3, -0.25) is 4.79 Å². The van der Waals surface area contributed by atoms with Crippen molar-refractivity contribution in [3.63, 3.8) is 0 Å². The molecular weight excluding hydrogens is 527 g/mol. The van der Waals surface area contributed by atoms with E-state index in [-0.39, 0.29) is 12.3 Å². The topological polar surface area (TPSA) is 58.6 Å². The maximum atomic E-state index is 13.6. The molecule has 41 heavy (non-hydrogen) atoms. The summed E-state index contributed by atoms with van der Waals surface area (Å²) in [4.78, 5) is 13.6. The summed E-state index contributed by atoms with van der Waals surface area (Å²) < 4.78 is 45.2. The molecule has 4 aromatic rings. The number of allylic oxidation sites excluding steroid dienone is 1. The van der Waals surface area contributed by atoms with Gasteiger partial charge in [0, 0.05) is 5.56 Å². The molecule has 0 bridgehead atoms. The predicted octanol–water partition coefficient (Wildman–Crippen LogP) is 7.92. The van der Waals surface area contributed by atoms with Crippen molar-refractivity contribution in [3.8, 4) is 11.5 Å². The van der Waals surface area contributed by atoms with Gasteiger partial charge in [-0.05, 0) is 90.4 Å². The Morgan fingerprint density at radius 1 is 0.878 bits per heavy atom. The third kappa shape index (κ3) is 7.05. The highest BCUT2D eigenvalue weighted by molar-refractivity contribution is 5.98. The van der Waals surface area contributed by atoms with Crippen molar-refractivity contribution in [1.29, 1.82) is 0 Å². The van der Waals surface area contributed by atoms with Crippen LogP contribution in [-0.4, -0.2) is 17.1 Å². The number of hydrogen-bond donors (Lipinski definition) is 2. The average molecular weight is 558 g/mol. The second-order valence-electron chi connectivity index (χ2n) is 10.1. The van der Waals surface area contributed by atoms with Gasteiger partial charge in [-0.25, -0.2) is 0 Å². The molecule has 4 aromatic carbocycles. The number of fused-ring (bicyclic) bond motifs is 1. The molecule has 4 nitrogen and oxygen atoms in total. The van der Waals surface area contributed by atoms with Gasteiger partial charge in [0.05, 0.1) is 17.7 Å². The maximum absolute atomic E-state index is 13.6. The first-order chi connectivity index (χ1) is 19.8. The monoisotopic (exact) mass is 557 g/mol. The molecule has 5 rings (SSSR count). The molecule has 0 fully saturated rings. The molecule has 2 atom stereocenters. The van der Waals surface area contributed by atoms with E-state index in [0.29, 0.717) is 28.2 Å². The van der Waals surface area contributed by atoms with Crippen LogP contribution in [0.25, 0.3) is 6.08 Å². The number of carbonyl (C=O) groups excluding carboxylic acids is 1. The number of nitrogens with one attached hydrogen (secondary N) is 1. The Labute approximate surface area is 237 Å². The van der Waals surface area contributed by atoms with E-state index < -0.39 is 23.9 Å². The quantitative estimate of drug-likeness (QED) is 0.231. The Bertz CT molecular complexity index is 1500. The number of amides is 1. The Hall–Kier alpha value is -4.36. The summed E-state index contributed by atoms with van der Waals surface area (Å²) in [5.41, 5.74) is 2.77. The molecule has 1 aliphatic carbocycles. The average Bonchev–Trinajstić information content (AvgIpc) is 3.23. The predicted molar refractivity (Wildman–Crippen MR) is 153 cm³/mol. The number of aryl methyl sites for hydroxylation is 1. The van der Waals surface area contributed by atoms with Crippen LogP contribution in [0, 0.1) is 0 Å². The van der Waals surface area contributed by atoms with E-state index in [4.69, 9.17) is 4.74 Å². The highest BCUT2D eigenvalue weighted by Crippen LogP contribution is 2.31. The van der Waals surface area contributed by atoms with Crippen LogP contribution in [0.4, 0.5) is 13.2 Å². The normalized spacial score (nSPS) is 14.4. The molecule has 7 heteroatoms. The molecule has 0 saturated heterocycles. The van der Waals surface area contributed by atoms with Gasteiger partial charge in [0.25, 0.3) is 5.91 Å². The van der Waals surface area contributed by atoms with E-state index in [1.165, 1.54) is 12.1 Å². The van der Waals surface area contributed by atoms with E-state index in [9.17, 15) is 23.1 Å². The van der Waals surface area contributed by atoms with E-state index in [1.807, 2.05) is 48.5 Å². The minimum absolute atomic E-state index is 0.123. The highest BCUT2D eigenvalue weighted by Gasteiger charge is 2.30. The zero-order chi connectivity index (χ0) is 28.8. The van der Waals surface area contributed by atoms with Gasteiger partial charge in [-0.15, -0.1) is 0 Å². The van der Waals surface area contributed by atoms with Crippen LogP contribution in [0.3, 0.4) is 0 Å². The smallest absolute Gasteiger partial charge is 0.416 e. The van der Waals surface area contributed by atoms with E-state index >= 15 is 0 Å². The summed E-state index contributed by atoms with van der Waals surface area (Å²) in [6.07, 6.45) is 1.33. The Balaban J connectivity index is 1.40. The first-order valence-corrected chi connectivity index (χ1v) is 13.5. The minimum atomic E-state index is -4.45. The lowest BCUT2D eigenvalue weighted by atomic mass is 9.94. The standard InChI is InChI=1S/C34H30F3NO3/c35-34(36,37)26-18-14-23(15-19-26)22-31(38-33(40)30-13-7-9-24-8-3-1-6-12-29(24)30)32(39)25-16-20-28(21-17-25)41-27-10-4-2-5-11-27/h2,4-7,9-21,31-32,39H,1,3,8,22H2,(H,38,40). The lowest BCUT2D eigenvalue weighted by molar-refractivity contribution is -0.137. The van der Waals surface area contributed by atoms with Gasteiger partial charge in [-0.1, -0.05) is 66.7 Å². The van der Waals surface area contributed by atoms with Gasteiger partial charge in [0.1, 0.15) is 11.5 Å². The number of carbonyl (C=O) groups is 1. The summed E-state index contributed by atoms with van der Waals surface area (Å²) in [5.74, 6) is 0.895. The lowest BCUT2D eigenvalue weighted by Crippen LogP contribution is -2.41. The van der Waals surface area contributed by atoms with E-state index in [1.54, 1.807) is 30.3 Å². The number of alkyl halides is 3. The summed E-state index contributed by atoms with van der Waals surface area (Å²) in [5, 5.41) is 14.4. The zero-order valence-electron chi connectivity index (χ0n) is 22.3. The van der Waals surface area contributed by atoms with Crippen LogP contribution in [0.5, 0.6) is 11.5 Å². The number of aliphatic hydroxyl groups excluding tert-OH is 1. The first-order valence-electron chi connectivity index (χ1n) is 13.5. The number of hydrogen-bond acceptors (Lipinski definition) is 3. The van der Waals surface area contributed by atoms with Crippen molar-refractivity contribution in [3.05, 3.63) is 137 Å². The molecule has 0 radical (unpaired) electrons. The first kappa shape index (κ1) is 28.2. The number of para-hydroxylation sites is 1. The van der Waals surface area contributed by atoms with Crippen LogP contribution in [0.15, 0.2) is 103 Å². The fourth-order valence-electron chi connectivity index (χ4n) is 5.00. The maximum Gasteiger partial charge on any atom is 0.416 e. The van der Waals surface area contributed by atoms with E-state index in [0.717, 1.165) is 42.5 Å². The summed E-state index contributed by atoms with van der Waals surface area (Å²) >= 11 is 0. The third-order valence-corrected chi connectivity index (χ3v) is 7.18. The van der Waals surface area contributed by atoms with Crippen molar-refractivity contribution in [2.24, 2.45) is 0 Å². The second-order valence-corrected chi connectivity index (χ2v) is 10.1. The summed E-state index contributed by atoms with van der Waals surface area (Å²) in [6, 6.07) is 25.7. The Kier molecular flexibility index (Phi) is 8.55. The molecule has 0 aromatic heterocycles. The van der Waals surface area contributed by atoms with Gasteiger partial charge < -0.3 is 15.2 Å². The molecule has 1 amide bonds. The van der Waals surface area contributed by atoms with Crippen molar-refractivity contribution in [2.45, 2.75) is 44.0 Å². The molecule has 210 valence electrons. The third-order valence-electron chi connectivity index (χ3n) is 7.18. The molecule has 2 N–H and O–H groups in total. The number of aliphatic hydroxyl groups is 1. The van der Waals surface area contributed by atoms with Crippen molar-refractivity contribution >= 4 is 12.0 Å². The van der Waals surface area contributed by atoms with Gasteiger partial charge in [-0.2, -0.15) is 13.2 Å². The van der Waals surface area contributed by atoms with Gasteiger partial charge >= 0.3 is 6.18 Å². The zero-order valence-corrected chi connectivity index (χ0v) is 22.3. The van der Waals surface area contributed by atoms with Crippen LogP contribution >= 0.6 is 0 Å². The largest absolute Gasteiger partial charge is 0.457 e. The molecule has 1 aliphatic rings. The molecule has 0 heterocycles. The lowest BCUT2D eigenvalue weighted by Gasteiger charge is -2.26. The minimum Gasteiger partial charge on any atom is -0.457 e. The number of rotatable bonds is 8. The molecular formula is C34H30F3NO3. The Morgan fingerprint density at radius 3 is 2.29 bits per heavy atom. The molecule has 0 aliphatic heterocycles. The van der Waals surface area contributed by atoms with Gasteiger partial charge in [0.2, 0.25) is 0 Å². The fourth-order valence-corrected chi connectivity index (χ4v) is 5.00. The van der Waals surface area contributed by atoms with E-state index in [2.05, 4.69) is 11.4 Å². The van der Waals surface area contributed by atoms with Crippen LogP contribution in [0.1, 0.15) is 57.1 Å². The van der Waals surface area contributed by atoms with Crippen molar-refractivity contribution in [2.75, 3.05) is 0 Å². The molecule has 2 unspecified atom stereocenters. The summed E-state index contributed by atoms with van der Waals surface area (Å²) in [6.45, 7) is 0. The van der Waals surface area contributed by atoms with Crippen LogP contribution < -0.4 is 10.1 Å². The number of benzene rings is 4. The molecule has 0 spiro atoms. The SMILES string of the molecule is O=C(NC(Cc1ccc(C(F)(F)F)cc1)C(O)c1ccc(Oc2ccccc2)cc1)c1cccc2c1C=CCCC2. The second kappa shape index (κ2) is 12.4. The fraction of sp³-hybridized carbons (Fsp3) is 0.206. The van der Waals surface area contributed by atoms with Crippen molar-refractivity contribution in [1.82, 2.24) is 5.32 Å². The van der Waals surface area contributed by atoms with Crippen molar-refractivity contribution < 1.29 is 27.8 Å². The Morgan fingerprint density at radius 2 is 1.59 bits per heavy atom. The van der Waals surface area contributed by atoms with Crippen LogP contribution in [0.2, 0.25) is 0 Å². The highest BCUT2D eigenvalue weighted by atomic mass is 19.4. The summed E-state index contributed by atoms with van der Waals surface area (Å²) in [7, 11) is 0. The number of ether oxygens (including phenoxy) is 1. The van der Waals surface area contributed by atoms with Gasteiger partial charge in [0.15, 0.2) is 0 Å². The molecule has 0 saturated carbocycles.